The minimum atomic E-state index is -0.000916. The summed E-state index contributed by atoms with van der Waals surface area (Å²) in [6, 6.07) is 7.83. The third kappa shape index (κ3) is 3.90. The Morgan fingerprint density at radius 1 is 1.16 bits per heavy atom. The van der Waals surface area contributed by atoms with Gasteiger partial charge in [0.15, 0.2) is 0 Å². The van der Waals surface area contributed by atoms with Crippen molar-refractivity contribution in [3.63, 3.8) is 0 Å². The largest absolute Gasteiger partial charge is 0.344 e. The van der Waals surface area contributed by atoms with E-state index in [0.29, 0.717) is 50.0 Å². The Bertz CT molecular complexity index is 1120. The lowest BCUT2D eigenvalue weighted by Gasteiger charge is -2.43. The fourth-order valence-electron chi connectivity index (χ4n) is 4.93. The molecule has 8 nitrogen and oxygen atoms in total. The predicted octanol–water partition coefficient (Wildman–Crippen LogP) is 1.71. The van der Waals surface area contributed by atoms with Crippen molar-refractivity contribution in [2.75, 3.05) is 26.7 Å². The first kappa shape index (κ1) is 19.7. The summed E-state index contributed by atoms with van der Waals surface area (Å²) in [6.45, 7) is 3.11. The van der Waals surface area contributed by atoms with Crippen molar-refractivity contribution in [2.45, 2.75) is 25.4 Å². The van der Waals surface area contributed by atoms with Crippen LogP contribution in [0.3, 0.4) is 0 Å². The molecule has 0 aromatic carbocycles. The zero-order valence-electron chi connectivity index (χ0n) is 17.6. The number of carbonyl (C=O) groups is 1. The first-order valence-electron chi connectivity index (χ1n) is 10.7. The number of rotatable bonds is 5. The number of aromatic nitrogens is 4. The van der Waals surface area contributed by atoms with Gasteiger partial charge in [-0.3, -0.25) is 19.5 Å². The summed E-state index contributed by atoms with van der Waals surface area (Å²) >= 11 is 0. The maximum Gasteiger partial charge on any atom is 0.261 e. The van der Waals surface area contributed by atoms with E-state index in [1.165, 1.54) is 0 Å². The van der Waals surface area contributed by atoms with Gasteiger partial charge in [-0.25, -0.2) is 4.98 Å². The molecule has 3 aromatic rings. The molecule has 1 saturated heterocycles. The Kier molecular flexibility index (Phi) is 5.15. The zero-order valence-corrected chi connectivity index (χ0v) is 17.6. The van der Waals surface area contributed by atoms with Gasteiger partial charge in [-0.15, -0.1) is 0 Å². The Morgan fingerprint density at radius 3 is 2.77 bits per heavy atom. The lowest BCUT2D eigenvalue weighted by molar-refractivity contribution is -0.135. The minimum absolute atomic E-state index is 0.000916. The van der Waals surface area contributed by atoms with Crippen LogP contribution in [0.2, 0.25) is 0 Å². The third-order valence-corrected chi connectivity index (χ3v) is 6.32. The highest BCUT2D eigenvalue weighted by atomic mass is 16.2. The van der Waals surface area contributed by atoms with Gasteiger partial charge in [-0.1, -0.05) is 0 Å². The Hall–Kier alpha value is -3.26. The number of hydrogen-bond acceptors (Lipinski definition) is 5. The molecule has 5 rings (SSSR count). The fraction of sp³-hybridized carbons (Fsp3) is 0.391. The van der Waals surface area contributed by atoms with Crippen molar-refractivity contribution < 1.29 is 4.79 Å². The average molecular weight is 419 g/mol. The molecule has 31 heavy (non-hydrogen) atoms. The van der Waals surface area contributed by atoms with Crippen LogP contribution in [0, 0.1) is 5.92 Å². The molecule has 0 saturated carbocycles. The van der Waals surface area contributed by atoms with Gasteiger partial charge >= 0.3 is 0 Å². The molecule has 1 fully saturated rings. The fourth-order valence-corrected chi connectivity index (χ4v) is 4.93. The summed E-state index contributed by atoms with van der Waals surface area (Å²) in [5.41, 5.74) is 2.76. The predicted molar refractivity (Wildman–Crippen MR) is 116 cm³/mol. The molecule has 5 heterocycles. The number of imidazole rings is 1. The van der Waals surface area contributed by atoms with Gasteiger partial charge < -0.3 is 14.5 Å². The van der Waals surface area contributed by atoms with E-state index in [9.17, 15) is 9.59 Å². The van der Waals surface area contributed by atoms with Crippen LogP contribution in [-0.4, -0.2) is 61.9 Å². The van der Waals surface area contributed by atoms with Crippen molar-refractivity contribution in [3.8, 4) is 11.4 Å². The molecule has 3 aromatic heterocycles. The van der Waals surface area contributed by atoms with Gasteiger partial charge in [-0.05, 0) is 49.2 Å². The van der Waals surface area contributed by atoms with E-state index in [1.807, 2.05) is 45.7 Å². The van der Waals surface area contributed by atoms with E-state index in [4.69, 9.17) is 0 Å². The highest BCUT2D eigenvalue weighted by Crippen LogP contribution is 2.35. The number of H-pyrrole nitrogens is 1. The lowest BCUT2D eigenvalue weighted by Crippen LogP contribution is -2.51. The second kappa shape index (κ2) is 8.11. The van der Waals surface area contributed by atoms with E-state index in [0.717, 1.165) is 17.7 Å². The number of fused-ring (bicyclic) bond motifs is 4. The number of nitrogens with zero attached hydrogens (tertiary/aromatic N) is 5. The van der Waals surface area contributed by atoms with E-state index in [2.05, 4.69) is 15.0 Å². The third-order valence-electron chi connectivity index (χ3n) is 6.32. The van der Waals surface area contributed by atoms with Crippen molar-refractivity contribution in [1.29, 1.82) is 0 Å². The molecule has 2 bridgehead atoms. The van der Waals surface area contributed by atoms with Crippen LogP contribution in [0.1, 0.15) is 23.6 Å². The molecule has 2 aliphatic rings. The molecule has 2 aliphatic heterocycles. The molecule has 160 valence electrons. The van der Waals surface area contributed by atoms with Gasteiger partial charge in [0.25, 0.3) is 5.56 Å². The van der Waals surface area contributed by atoms with Crippen molar-refractivity contribution in [1.82, 2.24) is 29.3 Å². The van der Waals surface area contributed by atoms with Gasteiger partial charge in [-0.2, -0.15) is 0 Å². The van der Waals surface area contributed by atoms with Crippen LogP contribution in [0.5, 0.6) is 0 Å². The second-order valence-electron chi connectivity index (χ2n) is 8.65. The summed E-state index contributed by atoms with van der Waals surface area (Å²) in [4.78, 5) is 41.4. The van der Waals surface area contributed by atoms with Crippen molar-refractivity contribution in [3.05, 3.63) is 70.7 Å². The number of aromatic amines is 1. The Balaban J connectivity index is 1.30. The van der Waals surface area contributed by atoms with E-state index >= 15 is 0 Å². The smallest absolute Gasteiger partial charge is 0.261 e. The first-order valence-corrected chi connectivity index (χ1v) is 10.7. The lowest BCUT2D eigenvalue weighted by atomic mass is 9.83. The highest BCUT2D eigenvalue weighted by Gasteiger charge is 2.36. The quantitative estimate of drug-likeness (QED) is 0.682. The van der Waals surface area contributed by atoms with Gasteiger partial charge in [0.05, 0.1) is 12.1 Å². The number of pyridine rings is 2. The van der Waals surface area contributed by atoms with Gasteiger partial charge in [0, 0.05) is 62.6 Å². The van der Waals surface area contributed by atoms with Crippen molar-refractivity contribution >= 4 is 5.91 Å². The summed E-state index contributed by atoms with van der Waals surface area (Å²) in [5.74, 6) is 1.24. The number of nitrogens with one attached hydrogen (secondary N) is 1. The molecule has 8 heteroatoms. The average Bonchev–Trinajstić information content (AvgIpc) is 3.29. The van der Waals surface area contributed by atoms with Gasteiger partial charge in [0.2, 0.25) is 5.91 Å². The summed E-state index contributed by atoms with van der Waals surface area (Å²) < 4.78 is 1.90. The normalized spacial score (nSPS) is 20.0. The topological polar surface area (TPSA) is 87.1 Å². The first-order chi connectivity index (χ1) is 15.1. The number of amides is 1. The number of piperidine rings is 1. The van der Waals surface area contributed by atoms with Crippen LogP contribution in [-0.2, 0) is 17.9 Å². The highest BCUT2D eigenvalue weighted by molar-refractivity contribution is 5.78. The molecule has 1 N–H and O–H groups in total. The zero-order chi connectivity index (χ0) is 21.4. The molecule has 2 atom stereocenters. The standard InChI is InChI=1S/C23H26N6O2/c1-27(11-16-4-6-24-7-5-16)15-21(30)28-12-17-10-18(14-28)20-3-2-19(22-25-8-9-26-22)23(31)29(20)13-17/h2-9,17-18H,10-15H2,1H3,(H,25,26)/t17-,18+/m0/s1. The van der Waals surface area contributed by atoms with Crippen LogP contribution < -0.4 is 5.56 Å². The Morgan fingerprint density at radius 2 is 2.00 bits per heavy atom. The molecular weight excluding hydrogens is 392 g/mol. The molecular formula is C23H26N6O2. The second-order valence-corrected chi connectivity index (χ2v) is 8.65. The number of carbonyl (C=O) groups excluding carboxylic acids is 1. The summed E-state index contributed by atoms with van der Waals surface area (Å²) in [7, 11) is 1.97. The number of likely N-dealkylation sites (tertiary alicyclic amines) is 1. The van der Waals surface area contributed by atoms with Crippen LogP contribution >= 0.6 is 0 Å². The molecule has 1 amide bonds. The van der Waals surface area contributed by atoms with E-state index in [1.54, 1.807) is 24.8 Å². The summed E-state index contributed by atoms with van der Waals surface area (Å²) in [6.07, 6.45) is 7.95. The maximum atomic E-state index is 13.1. The molecule has 0 unspecified atom stereocenters. The number of hydrogen-bond donors (Lipinski definition) is 1. The van der Waals surface area contributed by atoms with Crippen LogP contribution in [0.25, 0.3) is 11.4 Å². The minimum Gasteiger partial charge on any atom is -0.344 e. The van der Waals surface area contributed by atoms with Crippen molar-refractivity contribution in [2.24, 2.45) is 5.92 Å². The molecule has 0 radical (unpaired) electrons. The molecule has 0 spiro atoms. The monoisotopic (exact) mass is 418 g/mol. The maximum absolute atomic E-state index is 13.1. The summed E-state index contributed by atoms with van der Waals surface area (Å²) in [5, 5.41) is 0. The SMILES string of the molecule is CN(CC(=O)N1C[C@@H]2C[C@H](C1)c1ccc(-c3ncc[nH]3)c(=O)n1C2)Cc1ccncc1. The van der Waals surface area contributed by atoms with Crippen LogP contribution in [0.4, 0.5) is 0 Å². The van der Waals surface area contributed by atoms with Gasteiger partial charge in [0.1, 0.15) is 5.82 Å². The molecule has 0 aliphatic carbocycles. The van der Waals surface area contributed by atoms with E-state index < -0.39 is 0 Å². The van der Waals surface area contributed by atoms with Crippen LogP contribution in [0.15, 0.2) is 53.8 Å². The number of likely N-dealkylation sites (N-methyl/N-ethyl adjacent to an activating group) is 1. The van der Waals surface area contributed by atoms with E-state index in [-0.39, 0.29) is 17.4 Å². The Labute approximate surface area is 180 Å².